The molecule has 2 saturated heterocycles. The number of hydrogen-bond acceptors (Lipinski definition) is 5. The molecule has 0 atom stereocenters. The lowest BCUT2D eigenvalue weighted by atomic mass is 9.91. The first-order valence-corrected chi connectivity index (χ1v) is 8.90. The van der Waals surface area contributed by atoms with Gasteiger partial charge in [0.25, 0.3) is 0 Å². The largest absolute Gasteiger partial charge is 0.341 e. The molecule has 0 amide bonds. The van der Waals surface area contributed by atoms with E-state index in [9.17, 15) is 4.79 Å². The molecular weight excluding hydrogens is 288 g/mol. The average molecular weight is 316 g/mol. The minimum absolute atomic E-state index is 0.256. The number of carbonyl (C=O) groups is 1. The van der Waals surface area contributed by atoms with Crippen LogP contribution in [0.5, 0.6) is 0 Å². The summed E-state index contributed by atoms with van der Waals surface area (Å²) >= 11 is 0. The number of nitrogens with zero attached hydrogens (tertiary/aromatic N) is 4. The van der Waals surface area contributed by atoms with Crippen LogP contribution in [0.3, 0.4) is 0 Å². The van der Waals surface area contributed by atoms with E-state index in [0.29, 0.717) is 12.5 Å². The number of hydrogen-bond donors (Lipinski definition) is 0. The highest BCUT2D eigenvalue weighted by molar-refractivity contribution is 5.77. The Kier molecular flexibility index (Phi) is 5.26. The van der Waals surface area contributed by atoms with Gasteiger partial charge in [0.05, 0.1) is 6.54 Å². The fourth-order valence-electron chi connectivity index (χ4n) is 3.65. The second-order valence-electron chi connectivity index (χ2n) is 7.24. The van der Waals surface area contributed by atoms with E-state index in [0.717, 1.165) is 50.9 Å². The van der Waals surface area contributed by atoms with Crippen molar-refractivity contribution in [3.8, 4) is 0 Å². The van der Waals surface area contributed by atoms with Crippen molar-refractivity contribution < 1.29 is 4.79 Å². The Morgan fingerprint density at radius 3 is 2.26 bits per heavy atom. The van der Waals surface area contributed by atoms with Crippen LogP contribution in [0.4, 0.5) is 5.95 Å². The Labute approximate surface area is 139 Å². The fraction of sp³-hybridized carbons (Fsp3) is 0.722. The van der Waals surface area contributed by atoms with E-state index in [4.69, 9.17) is 0 Å². The summed E-state index contributed by atoms with van der Waals surface area (Å²) in [6.45, 7) is 8.72. The second-order valence-corrected chi connectivity index (χ2v) is 7.24. The summed E-state index contributed by atoms with van der Waals surface area (Å²) in [5.41, 5.74) is 1.25. The van der Waals surface area contributed by atoms with E-state index in [2.05, 4.69) is 26.7 Å². The molecule has 0 aliphatic carbocycles. The van der Waals surface area contributed by atoms with E-state index in [1.807, 2.05) is 12.4 Å². The zero-order chi connectivity index (χ0) is 16.2. The molecule has 0 spiro atoms. The summed E-state index contributed by atoms with van der Waals surface area (Å²) in [5.74, 6) is 2.50. The van der Waals surface area contributed by atoms with Crippen LogP contribution in [0.2, 0.25) is 0 Å². The Bertz CT molecular complexity index is 514. The van der Waals surface area contributed by atoms with E-state index in [1.54, 1.807) is 6.92 Å². The highest BCUT2D eigenvalue weighted by atomic mass is 16.1. The highest BCUT2D eigenvalue weighted by Gasteiger charge is 2.23. The van der Waals surface area contributed by atoms with Gasteiger partial charge in [-0.2, -0.15) is 0 Å². The minimum atomic E-state index is 0.256. The predicted molar refractivity (Wildman–Crippen MR) is 91.7 cm³/mol. The predicted octanol–water partition coefficient (Wildman–Crippen LogP) is 2.48. The van der Waals surface area contributed by atoms with Crippen molar-refractivity contribution in [2.45, 2.75) is 45.4 Å². The van der Waals surface area contributed by atoms with Gasteiger partial charge in [-0.3, -0.25) is 9.69 Å². The van der Waals surface area contributed by atoms with Crippen LogP contribution < -0.4 is 4.90 Å². The number of piperidine rings is 2. The first-order chi connectivity index (χ1) is 11.1. The van der Waals surface area contributed by atoms with Crippen molar-refractivity contribution in [3.05, 3.63) is 18.0 Å². The standard InChI is InChI=1S/C18H28N4O/c1-14-3-9-22(10-4-14)18-19-11-17(12-20-18)16-5-7-21(8-6-16)13-15(2)23/h11-12,14,16H,3-10,13H2,1-2H3. The Morgan fingerprint density at radius 1 is 1.09 bits per heavy atom. The lowest BCUT2D eigenvalue weighted by Gasteiger charge is -2.32. The molecule has 0 bridgehead atoms. The third-order valence-electron chi connectivity index (χ3n) is 5.23. The van der Waals surface area contributed by atoms with Crippen molar-refractivity contribution in [3.63, 3.8) is 0 Å². The molecule has 0 unspecified atom stereocenters. The number of Topliss-reactive ketones (excluding diaryl/α,β-unsaturated/α-hetero) is 1. The van der Waals surface area contributed by atoms with Gasteiger partial charge >= 0.3 is 0 Å². The molecule has 0 aromatic carbocycles. The molecule has 5 nitrogen and oxygen atoms in total. The van der Waals surface area contributed by atoms with Crippen molar-refractivity contribution in [1.29, 1.82) is 0 Å². The highest BCUT2D eigenvalue weighted by Crippen LogP contribution is 2.28. The molecule has 5 heteroatoms. The number of anilines is 1. The van der Waals surface area contributed by atoms with Crippen LogP contribution in [0.25, 0.3) is 0 Å². The lowest BCUT2D eigenvalue weighted by molar-refractivity contribution is -0.118. The zero-order valence-electron chi connectivity index (χ0n) is 14.4. The molecule has 126 valence electrons. The first-order valence-electron chi connectivity index (χ1n) is 8.90. The number of aromatic nitrogens is 2. The second kappa shape index (κ2) is 7.39. The lowest BCUT2D eigenvalue weighted by Crippen LogP contribution is -2.36. The monoisotopic (exact) mass is 316 g/mol. The summed E-state index contributed by atoms with van der Waals surface area (Å²) in [7, 11) is 0. The van der Waals surface area contributed by atoms with Crippen LogP contribution in [-0.4, -0.2) is 53.4 Å². The third kappa shape index (κ3) is 4.28. The maximum absolute atomic E-state index is 11.2. The van der Waals surface area contributed by atoms with Crippen LogP contribution in [0, 0.1) is 5.92 Å². The summed E-state index contributed by atoms with van der Waals surface area (Å²) in [4.78, 5) is 25.0. The van der Waals surface area contributed by atoms with E-state index in [-0.39, 0.29) is 5.78 Å². The van der Waals surface area contributed by atoms with E-state index < -0.39 is 0 Å². The Morgan fingerprint density at radius 2 is 1.70 bits per heavy atom. The molecule has 23 heavy (non-hydrogen) atoms. The van der Waals surface area contributed by atoms with Crippen molar-refractivity contribution in [1.82, 2.24) is 14.9 Å². The molecule has 1 aromatic heterocycles. The molecular formula is C18H28N4O. The molecule has 0 N–H and O–H groups in total. The smallest absolute Gasteiger partial charge is 0.225 e. The zero-order valence-corrected chi connectivity index (χ0v) is 14.4. The molecule has 2 aliphatic heterocycles. The van der Waals surface area contributed by atoms with Gasteiger partial charge in [0.2, 0.25) is 5.95 Å². The van der Waals surface area contributed by atoms with Gasteiger partial charge in [-0.05, 0) is 63.1 Å². The van der Waals surface area contributed by atoms with Gasteiger partial charge in [0, 0.05) is 25.5 Å². The van der Waals surface area contributed by atoms with Gasteiger partial charge in [-0.15, -0.1) is 0 Å². The number of likely N-dealkylation sites (tertiary alicyclic amines) is 1. The maximum Gasteiger partial charge on any atom is 0.225 e. The van der Waals surface area contributed by atoms with Crippen molar-refractivity contribution >= 4 is 11.7 Å². The molecule has 1 aromatic rings. The van der Waals surface area contributed by atoms with Crippen LogP contribution in [0.15, 0.2) is 12.4 Å². The molecule has 3 rings (SSSR count). The maximum atomic E-state index is 11.2. The average Bonchev–Trinajstić information content (AvgIpc) is 2.56. The van der Waals surface area contributed by atoms with Gasteiger partial charge in [-0.1, -0.05) is 6.92 Å². The van der Waals surface area contributed by atoms with E-state index in [1.165, 1.54) is 18.4 Å². The van der Waals surface area contributed by atoms with Gasteiger partial charge in [0.15, 0.2) is 0 Å². The molecule has 3 heterocycles. The van der Waals surface area contributed by atoms with Crippen molar-refractivity contribution in [2.75, 3.05) is 37.6 Å². The van der Waals surface area contributed by atoms with Gasteiger partial charge in [0.1, 0.15) is 5.78 Å². The van der Waals surface area contributed by atoms with Crippen LogP contribution in [-0.2, 0) is 4.79 Å². The molecule has 2 fully saturated rings. The van der Waals surface area contributed by atoms with Crippen LogP contribution >= 0.6 is 0 Å². The van der Waals surface area contributed by atoms with E-state index >= 15 is 0 Å². The topological polar surface area (TPSA) is 49.3 Å². The number of carbonyl (C=O) groups excluding carboxylic acids is 1. The number of ketones is 1. The molecule has 2 aliphatic rings. The summed E-state index contributed by atoms with van der Waals surface area (Å²) in [6.07, 6.45) is 8.70. The summed E-state index contributed by atoms with van der Waals surface area (Å²) < 4.78 is 0. The summed E-state index contributed by atoms with van der Waals surface area (Å²) in [6, 6.07) is 0. The van der Waals surface area contributed by atoms with Gasteiger partial charge in [-0.25, -0.2) is 9.97 Å². The number of rotatable bonds is 4. The SMILES string of the molecule is CC(=O)CN1CCC(c2cnc(N3CCC(C)CC3)nc2)CC1. The summed E-state index contributed by atoms with van der Waals surface area (Å²) in [5, 5.41) is 0. The Balaban J connectivity index is 1.55. The minimum Gasteiger partial charge on any atom is -0.341 e. The van der Waals surface area contributed by atoms with Crippen molar-refractivity contribution in [2.24, 2.45) is 5.92 Å². The normalized spacial score (nSPS) is 21.6. The molecule has 0 saturated carbocycles. The third-order valence-corrected chi connectivity index (χ3v) is 5.23. The van der Waals surface area contributed by atoms with Gasteiger partial charge < -0.3 is 4.90 Å². The Hall–Kier alpha value is -1.49. The van der Waals surface area contributed by atoms with Crippen LogP contribution in [0.1, 0.15) is 51.0 Å². The fourth-order valence-corrected chi connectivity index (χ4v) is 3.65. The molecule has 0 radical (unpaired) electrons. The first kappa shape index (κ1) is 16.4. The quantitative estimate of drug-likeness (QED) is 0.854.